The molecule has 0 unspecified atom stereocenters. The Hall–Kier alpha value is -1.50. The Bertz CT molecular complexity index is 929. The second kappa shape index (κ2) is 8.03. The van der Waals surface area contributed by atoms with Gasteiger partial charge >= 0.3 is 5.97 Å². The highest BCUT2D eigenvalue weighted by atomic mass is 79.9. The molecule has 144 valence electrons. The summed E-state index contributed by atoms with van der Waals surface area (Å²) in [4.78, 5) is 25.3. The SMILES string of the molecule is CCOC(=O)c1ccc(S(=O)(=O)NNC(=O)[C@@H]2CCS(=O)(=O)C2)c(Br)c1. The third-order valence-corrected chi connectivity index (χ3v) is 7.64. The standard InChI is InChI=1S/C14H17BrN2O7S2/c1-2-24-14(19)9-3-4-12(11(15)7-9)26(22,23)17-16-13(18)10-5-6-25(20,21)8-10/h3-4,7,10,17H,2,5-6,8H2,1H3,(H,16,18)/t10-/m1/s1. The molecule has 1 aromatic carbocycles. The molecule has 1 amide bonds. The van der Waals surface area contributed by atoms with Gasteiger partial charge in [0.05, 0.1) is 34.5 Å². The first-order valence-electron chi connectivity index (χ1n) is 7.54. The molecular weight excluding hydrogens is 452 g/mol. The molecule has 2 N–H and O–H groups in total. The zero-order valence-corrected chi connectivity index (χ0v) is 16.9. The largest absolute Gasteiger partial charge is 0.462 e. The average Bonchev–Trinajstić information content (AvgIpc) is 2.92. The fraction of sp³-hybridized carbons (Fsp3) is 0.429. The van der Waals surface area contributed by atoms with Crippen molar-refractivity contribution in [3.8, 4) is 0 Å². The Balaban J connectivity index is 2.08. The van der Waals surface area contributed by atoms with Gasteiger partial charge < -0.3 is 4.74 Å². The topological polar surface area (TPSA) is 136 Å². The van der Waals surface area contributed by atoms with Gasteiger partial charge in [0.2, 0.25) is 5.91 Å². The summed E-state index contributed by atoms with van der Waals surface area (Å²) in [6.45, 7) is 1.83. The summed E-state index contributed by atoms with van der Waals surface area (Å²) in [6.07, 6.45) is 0.147. The number of halogens is 1. The molecule has 12 heteroatoms. The highest BCUT2D eigenvalue weighted by Gasteiger charge is 2.33. The first kappa shape index (κ1) is 20.8. The number of hydrogen-bond donors (Lipinski definition) is 2. The minimum Gasteiger partial charge on any atom is -0.462 e. The van der Waals surface area contributed by atoms with E-state index in [-0.39, 0.29) is 39.5 Å². The molecule has 9 nitrogen and oxygen atoms in total. The lowest BCUT2D eigenvalue weighted by Crippen LogP contribution is -2.44. The summed E-state index contributed by atoms with van der Waals surface area (Å²) in [5, 5.41) is 0. The van der Waals surface area contributed by atoms with Crippen LogP contribution < -0.4 is 10.3 Å². The van der Waals surface area contributed by atoms with Crippen LogP contribution in [0.5, 0.6) is 0 Å². The maximum atomic E-state index is 12.3. The van der Waals surface area contributed by atoms with E-state index < -0.39 is 37.7 Å². The lowest BCUT2D eigenvalue weighted by molar-refractivity contribution is -0.124. The van der Waals surface area contributed by atoms with E-state index in [4.69, 9.17) is 4.74 Å². The number of carbonyl (C=O) groups excluding carboxylic acids is 2. The molecule has 1 atom stereocenters. The Kier molecular flexibility index (Phi) is 6.42. The van der Waals surface area contributed by atoms with Crippen LogP contribution in [0.4, 0.5) is 0 Å². The van der Waals surface area contributed by atoms with Crippen molar-refractivity contribution >= 4 is 47.7 Å². The van der Waals surface area contributed by atoms with E-state index in [1.54, 1.807) is 6.92 Å². The van der Waals surface area contributed by atoms with Crippen LogP contribution >= 0.6 is 15.9 Å². The van der Waals surface area contributed by atoms with Crippen LogP contribution in [0.15, 0.2) is 27.6 Å². The lowest BCUT2D eigenvalue weighted by atomic mass is 10.1. The summed E-state index contributed by atoms with van der Waals surface area (Å²) in [6, 6.07) is 3.76. The van der Waals surface area contributed by atoms with E-state index in [2.05, 4.69) is 15.9 Å². The number of carbonyl (C=O) groups is 2. The van der Waals surface area contributed by atoms with Gasteiger partial charge in [0, 0.05) is 4.47 Å². The lowest BCUT2D eigenvalue weighted by Gasteiger charge is -2.12. The summed E-state index contributed by atoms with van der Waals surface area (Å²) >= 11 is 3.07. The van der Waals surface area contributed by atoms with Crippen LogP contribution in [-0.4, -0.2) is 46.8 Å². The van der Waals surface area contributed by atoms with Crippen molar-refractivity contribution in [3.05, 3.63) is 28.2 Å². The summed E-state index contributed by atoms with van der Waals surface area (Å²) in [7, 11) is -7.39. The van der Waals surface area contributed by atoms with E-state index in [0.717, 1.165) is 0 Å². The number of sulfone groups is 1. The predicted octanol–water partition coefficient (Wildman–Crippen LogP) is 0.370. The van der Waals surface area contributed by atoms with Crippen molar-refractivity contribution < 1.29 is 31.2 Å². The molecule has 0 aliphatic carbocycles. The van der Waals surface area contributed by atoms with Crippen LogP contribution in [0.3, 0.4) is 0 Å². The minimum absolute atomic E-state index is 0.0985. The molecule has 26 heavy (non-hydrogen) atoms. The van der Waals surface area contributed by atoms with Gasteiger partial charge in [-0.05, 0) is 47.5 Å². The van der Waals surface area contributed by atoms with Crippen molar-refractivity contribution in [1.29, 1.82) is 0 Å². The number of sulfonamides is 1. The van der Waals surface area contributed by atoms with E-state index in [9.17, 15) is 26.4 Å². The molecule has 1 saturated heterocycles. The molecular formula is C14H17BrN2O7S2. The zero-order chi connectivity index (χ0) is 19.5. The van der Waals surface area contributed by atoms with Gasteiger partial charge in [-0.3, -0.25) is 10.2 Å². The first-order chi connectivity index (χ1) is 12.1. The van der Waals surface area contributed by atoms with Crippen molar-refractivity contribution in [2.75, 3.05) is 18.1 Å². The first-order valence-corrected chi connectivity index (χ1v) is 11.6. The Morgan fingerprint density at radius 2 is 2.04 bits per heavy atom. The van der Waals surface area contributed by atoms with Gasteiger partial charge in [0.15, 0.2) is 9.84 Å². The Labute approximate surface area is 159 Å². The van der Waals surface area contributed by atoms with Crippen molar-refractivity contribution in [3.63, 3.8) is 0 Å². The van der Waals surface area contributed by atoms with Gasteiger partial charge in [-0.1, -0.05) is 0 Å². The van der Waals surface area contributed by atoms with Crippen molar-refractivity contribution in [2.45, 2.75) is 18.2 Å². The second-order valence-electron chi connectivity index (χ2n) is 5.56. The summed E-state index contributed by atoms with van der Waals surface area (Å²) < 4.78 is 52.3. The number of hydrogen-bond acceptors (Lipinski definition) is 7. The minimum atomic E-state index is -4.13. The number of amides is 1. The molecule has 0 saturated carbocycles. The van der Waals surface area contributed by atoms with Crippen LogP contribution in [0.1, 0.15) is 23.7 Å². The number of nitrogens with one attached hydrogen (secondary N) is 2. The number of rotatable bonds is 6. The van der Waals surface area contributed by atoms with Gasteiger partial charge in [0.1, 0.15) is 0 Å². The summed E-state index contributed by atoms with van der Waals surface area (Å²) in [5.74, 6) is -2.51. The highest BCUT2D eigenvalue weighted by molar-refractivity contribution is 9.10. The fourth-order valence-corrected chi connectivity index (χ4v) is 6.00. The quantitative estimate of drug-likeness (QED) is 0.454. The molecule has 0 spiro atoms. The van der Waals surface area contributed by atoms with Gasteiger partial charge in [-0.2, -0.15) is 0 Å². The molecule has 1 aliphatic rings. The summed E-state index contributed by atoms with van der Waals surface area (Å²) in [5.41, 5.74) is 2.20. The Morgan fingerprint density at radius 1 is 1.35 bits per heavy atom. The maximum Gasteiger partial charge on any atom is 0.338 e. The van der Waals surface area contributed by atoms with E-state index in [1.807, 2.05) is 10.3 Å². The second-order valence-corrected chi connectivity index (χ2v) is 10.3. The van der Waals surface area contributed by atoms with E-state index >= 15 is 0 Å². The molecule has 1 aromatic rings. The van der Waals surface area contributed by atoms with Crippen LogP contribution in [0.2, 0.25) is 0 Å². The molecule has 1 fully saturated rings. The normalized spacial score (nSPS) is 19.1. The monoisotopic (exact) mass is 468 g/mol. The van der Waals surface area contributed by atoms with Crippen molar-refractivity contribution in [2.24, 2.45) is 5.92 Å². The van der Waals surface area contributed by atoms with Crippen molar-refractivity contribution in [1.82, 2.24) is 10.3 Å². The average molecular weight is 469 g/mol. The third kappa shape index (κ3) is 5.02. The number of esters is 1. The highest BCUT2D eigenvalue weighted by Crippen LogP contribution is 2.23. The molecule has 0 aromatic heterocycles. The van der Waals surface area contributed by atoms with Gasteiger partial charge in [0.25, 0.3) is 10.0 Å². The molecule has 0 bridgehead atoms. The maximum absolute atomic E-state index is 12.3. The smallest absolute Gasteiger partial charge is 0.338 e. The predicted molar refractivity (Wildman–Crippen MR) is 95.3 cm³/mol. The zero-order valence-electron chi connectivity index (χ0n) is 13.7. The van der Waals surface area contributed by atoms with Crippen LogP contribution in [0.25, 0.3) is 0 Å². The van der Waals surface area contributed by atoms with E-state index in [0.29, 0.717) is 0 Å². The van der Waals surface area contributed by atoms with Gasteiger partial charge in [-0.15, -0.1) is 4.83 Å². The van der Waals surface area contributed by atoms with Gasteiger partial charge in [-0.25, -0.2) is 21.6 Å². The third-order valence-electron chi connectivity index (χ3n) is 3.64. The number of hydrazine groups is 1. The Morgan fingerprint density at radius 3 is 2.58 bits per heavy atom. The number of ether oxygens (including phenoxy) is 1. The molecule has 1 heterocycles. The molecule has 1 aliphatic heterocycles. The fourth-order valence-electron chi connectivity index (χ4n) is 2.34. The number of benzene rings is 1. The van der Waals surface area contributed by atoms with Crippen LogP contribution in [-0.2, 0) is 29.4 Å². The molecule has 0 radical (unpaired) electrons. The van der Waals surface area contributed by atoms with Crippen LogP contribution in [0, 0.1) is 5.92 Å². The molecule has 2 rings (SSSR count). The van der Waals surface area contributed by atoms with E-state index in [1.165, 1.54) is 18.2 Å².